The molecule has 0 bridgehead atoms. The molecular formula is C8H7ClFN. The summed E-state index contributed by atoms with van der Waals surface area (Å²) >= 11 is 5.54. The Kier molecular flexibility index (Phi) is 2.25. The number of rotatable bonds is 1. The van der Waals surface area contributed by atoms with Gasteiger partial charge in [0.2, 0.25) is 0 Å². The van der Waals surface area contributed by atoms with Crippen LogP contribution in [0.4, 0.5) is 4.39 Å². The van der Waals surface area contributed by atoms with Gasteiger partial charge in [0.1, 0.15) is 16.7 Å². The van der Waals surface area contributed by atoms with E-state index in [1.54, 1.807) is 6.92 Å². The molecule has 0 atom stereocenters. The summed E-state index contributed by atoms with van der Waals surface area (Å²) in [5.74, 6) is -0.387. The van der Waals surface area contributed by atoms with Crippen molar-refractivity contribution in [1.82, 2.24) is 4.98 Å². The number of aromatic nitrogens is 1. The van der Waals surface area contributed by atoms with Crippen LogP contribution in [-0.2, 0) is 0 Å². The minimum atomic E-state index is -0.387. The van der Waals surface area contributed by atoms with Gasteiger partial charge in [0, 0.05) is 0 Å². The summed E-state index contributed by atoms with van der Waals surface area (Å²) in [6.45, 7) is 5.25. The minimum absolute atomic E-state index is 0.234. The van der Waals surface area contributed by atoms with Crippen molar-refractivity contribution in [1.29, 1.82) is 0 Å². The maximum Gasteiger partial charge on any atom is 0.149 e. The van der Waals surface area contributed by atoms with E-state index >= 15 is 0 Å². The second kappa shape index (κ2) is 3.01. The molecule has 0 aliphatic rings. The Morgan fingerprint density at radius 2 is 2.27 bits per heavy atom. The largest absolute Gasteiger partial charge is 0.233 e. The molecule has 0 saturated heterocycles. The molecule has 0 saturated carbocycles. The molecule has 0 aromatic carbocycles. The Bertz CT molecular complexity index is 296. The molecule has 1 rings (SSSR count). The van der Waals surface area contributed by atoms with Crippen molar-refractivity contribution in [2.75, 3.05) is 0 Å². The third kappa shape index (κ3) is 1.77. The van der Waals surface area contributed by atoms with Gasteiger partial charge in [-0.05, 0) is 24.6 Å². The van der Waals surface area contributed by atoms with Crippen LogP contribution in [0.3, 0.4) is 0 Å². The van der Waals surface area contributed by atoms with Gasteiger partial charge in [0.15, 0.2) is 0 Å². The molecule has 1 heterocycles. The lowest BCUT2D eigenvalue weighted by molar-refractivity contribution is 0.616. The van der Waals surface area contributed by atoms with Crippen molar-refractivity contribution in [3.05, 3.63) is 35.4 Å². The summed E-state index contributed by atoms with van der Waals surface area (Å²) < 4.78 is 12.8. The average Bonchev–Trinajstić information content (AvgIpc) is 1.94. The molecule has 0 aliphatic carbocycles. The van der Waals surface area contributed by atoms with Crippen LogP contribution in [0.2, 0.25) is 5.15 Å². The van der Waals surface area contributed by atoms with Gasteiger partial charge >= 0.3 is 0 Å². The quantitative estimate of drug-likeness (QED) is 0.592. The normalized spacial score (nSPS) is 9.73. The maximum atomic E-state index is 12.8. The highest BCUT2D eigenvalue weighted by atomic mass is 35.5. The van der Waals surface area contributed by atoms with Gasteiger partial charge < -0.3 is 0 Å². The van der Waals surface area contributed by atoms with Gasteiger partial charge in [-0.1, -0.05) is 18.2 Å². The van der Waals surface area contributed by atoms with Gasteiger partial charge in [-0.15, -0.1) is 0 Å². The molecule has 11 heavy (non-hydrogen) atoms. The van der Waals surface area contributed by atoms with E-state index < -0.39 is 0 Å². The van der Waals surface area contributed by atoms with E-state index in [4.69, 9.17) is 11.6 Å². The highest BCUT2D eigenvalue weighted by molar-refractivity contribution is 6.29. The lowest BCUT2D eigenvalue weighted by atomic mass is 10.2. The summed E-state index contributed by atoms with van der Waals surface area (Å²) in [5, 5.41) is 0.282. The Hall–Kier alpha value is -0.890. The molecular weight excluding hydrogens is 165 g/mol. The van der Waals surface area contributed by atoms with Crippen molar-refractivity contribution in [2.45, 2.75) is 6.92 Å². The van der Waals surface area contributed by atoms with Crippen LogP contribution in [0.5, 0.6) is 0 Å². The zero-order valence-electron chi connectivity index (χ0n) is 6.06. The molecule has 58 valence electrons. The zero-order valence-corrected chi connectivity index (χ0v) is 6.82. The number of hydrogen-bond acceptors (Lipinski definition) is 1. The second-order valence-electron chi connectivity index (χ2n) is 2.24. The highest BCUT2D eigenvalue weighted by Gasteiger charge is 2.03. The summed E-state index contributed by atoms with van der Waals surface area (Å²) in [4.78, 5) is 3.76. The van der Waals surface area contributed by atoms with Crippen molar-refractivity contribution >= 4 is 17.2 Å². The first kappa shape index (κ1) is 8.21. The molecule has 1 nitrogen and oxygen atoms in total. The molecule has 0 spiro atoms. The predicted molar refractivity (Wildman–Crippen MR) is 43.9 cm³/mol. The first-order valence-corrected chi connectivity index (χ1v) is 3.47. The van der Waals surface area contributed by atoms with E-state index in [0.29, 0.717) is 5.57 Å². The topological polar surface area (TPSA) is 12.9 Å². The van der Waals surface area contributed by atoms with Crippen LogP contribution >= 0.6 is 11.6 Å². The number of pyridine rings is 1. The molecule has 1 aromatic rings. The SMILES string of the molecule is C=C(C)c1nc(Cl)ccc1F. The summed E-state index contributed by atoms with van der Waals surface area (Å²) in [7, 11) is 0. The van der Waals surface area contributed by atoms with Crippen LogP contribution in [0.1, 0.15) is 12.6 Å². The number of nitrogens with zero attached hydrogens (tertiary/aromatic N) is 1. The van der Waals surface area contributed by atoms with Crippen LogP contribution in [-0.4, -0.2) is 4.98 Å². The molecule has 0 unspecified atom stereocenters. The van der Waals surface area contributed by atoms with Crippen molar-refractivity contribution in [2.24, 2.45) is 0 Å². The monoisotopic (exact) mass is 171 g/mol. The fourth-order valence-electron chi connectivity index (χ4n) is 0.718. The Morgan fingerprint density at radius 1 is 1.64 bits per heavy atom. The van der Waals surface area contributed by atoms with E-state index in [1.807, 2.05) is 0 Å². The first-order chi connectivity index (χ1) is 5.11. The van der Waals surface area contributed by atoms with Gasteiger partial charge in [0.25, 0.3) is 0 Å². The minimum Gasteiger partial charge on any atom is -0.233 e. The zero-order chi connectivity index (χ0) is 8.43. The molecule has 0 N–H and O–H groups in total. The molecule has 0 aliphatic heterocycles. The molecule has 3 heteroatoms. The first-order valence-electron chi connectivity index (χ1n) is 3.09. The third-order valence-electron chi connectivity index (χ3n) is 1.22. The van der Waals surface area contributed by atoms with E-state index in [9.17, 15) is 4.39 Å². The standard InChI is InChI=1S/C8H7ClFN/c1-5(2)8-6(10)3-4-7(9)11-8/h3-4H,1H2,2H3. The Labute approximate surface area is 69.5 Å². The summed E-state index contributed by atoms with van der Waals surface area (Å²) in [6, 6.07) is 2.68. The maximum absolute atomic E-state index is 12.8. The lowest BCUT2D eigenvalue weighted by Gasteiger charge is -1.99. The fraction of sp³-hybridized carbons (Fsp3) is 0.125. The van der Waals surface area contributed by atoms with E-state index in [2.05, 4.69) is 11.6 Å². The Balaban J connectivity index is 3.23. The van der Waals surface area contributed by atoms with Crippen molar-refractivity contribution in [3.63, 3.8) is 0 Å². The predicted octanol–water partition coefficient (Wildman–Crippen LogP) is 2.91. The highest BCUT2D eigenvalue weighted by Crippen LogP contribution is 2.15. The van der Waals surface area contributed by atoms with Crippen LogP contribution in [0.15, 0.2) is 18.7 Å². The molecule has 0 radical (unpaired) electrons. The van der Waals surface area contributed by atoms with Gasteiger partial charge in [-0.2, -0.15) is 0 Å². The number of hydrogen-bond donors (Lipinski definition) is 0. The van der Waals surface area contributed by atoms with Gasteiger partial charge in [0.05, 0.1) is 0 Å². The summed E-state index contributed by atoms with van der Waals surface area (Å²) in [5.41, 5.74) is 0.808. The van der Waals surface area contributed by atoms with Gasteiger partial charge in [-0.25, -0.2) is 9.37 Å². The van der Waals surface area contributed by atoms with Crippen molar-refractivity contribution < 1.29 is 4.39 Å². The second-order valence-corrected chi connectivity index (χ2v) is 2.63. The summed E-state index contributed by atoms with van der Waals surface area (Å²) in [6.07, 6.45) is 0. The fourth-order valence-corrected chi connectivity index (χ4v) is 0.865. The van der Waals surface area contributed by atoms with Crippen LogP contribution in [0, 0.1) is 5.82 Å². The van der Waals surface area contributed by atoms with E-state index in [-0.39, 0.29) is 16.7 Å². The van der Waals surface area contributed by atoms with E-state index in [0.717, 1.165) is 0 Å². The number of halogens is 2. The lowest BCUT2D eigenvalue weighted by Crippen LogP contribution is -1.90. The Morgan fingerprint density at radius 3 is 2.73 bits per heavy atom. The smallest absolute Gasteiger partial charge is 0.149 e. The molecule has 0 fully saturated rings. The van der Waals surface area contributed by atoms with Crippen LogP contribution in [0.25, 0.3) is 5.57 Å². The van der Waals surface area contributed by atoms with Crippen molar-refractivity contribution in [3.8, 4) is 0 Å². The average molecular weight is 172 g/mol. The third-order valence-corrected chi connectivity index (χ3v) is 1.43. The van der Waals surface area contributed by atoms with Gasteiger partial charge in [-0.3, -0.25) is 0 Å². The molecule has 0 amide bonds. The van der Waals surface area contributed by atoms with Crippen LogP contribution < -0.4 is 0 Å². The molecule has 1 aromatic heterocycles. The number of allylic oxidation sites excluding steroid dienone is 1. The van der Waals surface area contributed by atoms with E-state index in [1.165, 1.54) is 12.1 Å².